The van der Waals surface area contributed by atoms with Gasteiger partial charge in [-0.25, -0.2) is 0 Å². The predicted molar refractivity (Wildman–Crippen MR) is 71.6 cm³/mol. The van der Waals surface area contributed by atoms with E-state index in [1.165, 1.54) is 5.56 Å². The normalized spacial score (nSPS) is 22.6. The highest BCUT2D eigenvalue weighted by molar-refractivity contribution is 5.45. The lowest BCUT2D eigenvalue weighted by Gasteiger charge is -2.36. The van der Waals surface area contributed by atoms with Gasteiger partial charge in [-0.3, -0.25) is 9.67 Å². The number of hydrogen-bond acceptors (Lipinski definition) is 3. The molecular weight excluding hydrogens is 224 g/mol. The SMILES string of the molecule is Cc1cc(NC2CC(n3cccn3)C2)cnc1C. The largest absolute Gasteiger partial charge is 0.381 e. The van der Waals surface area contributed by atoms with E-state index in [-0.39, 0.29) is 0 Å². The Morgan fingerprint density at radius 1 is 1.33 bits per heavy atom. The van der Waals surface area contributed by atoms with Gasteiger partial charge in [0, 0.05) is 24.1 Å². The van der Waals surface area contributed by atoms with Gasteiger partial charge in [-0.2, -0.15) is 5.10 Å². The summed E-state index contributed by atoms with van der Waals surface area (Å²) in [6.07, 6.45) is 8.07. The molecule has 4 nitrogen and oxygen atoms in total. The maximum atomic E-state index is 4.38. The molecule has 3 rings (SSSR count). The van der Waals surface area contributed by atoms with Crippen LogP contribution in [0.5, 0.6) is 0 Å². The molecule has 4 heteroatoms. The zero-order valence-electron chi connectivity index (χ0n) is 10.8. The van der Waals surface area contributed by atoms with Crippen LogP contribution >= 0.6 is 0 Å². The zero-order chi connectivity index (χ0) is 12.5. The number of anilines is 1. The molecule has 0 aromatic carbocycles. The highest BCUT2D eigenvalue weighted by Gasteiger charge is 2.30. The monoisotopic (exact) mass is 242 g/mol. The van der Waals surface area contributed by atoms with Crippen molar-refractivity contribution in [3.63, 3.8) is 0 Å². The molecule has 0 atom stereocenters. The Morgan fingerprint density at radius 3 is 2.83 bits per heavy atom. The maximum absolute atomic E-state index is 4.38. The van der Waals surface area contributed by atoms with Crippen LogP contribution in [0.15, 0.2) is 30.7 Å². The second-order valence-electron chi connectivity index (χ2n) is 5.08. The lowest BCUT2D eigenvalue weighted by molar-refractivity contribution is 0.262. The van der Waals surface area contributed by atoms with Gasteiger partial charge in [0.2, 0.25) is 0 Å². The molecule has 0 unspecified atom stereocenters. The molecule has 0 radical (unpaired) electrons. The molecule has 1 aliphatic carbocycles. The number of aryl methyl sites for hydroxylation is 2. The number of aromatic nitrogens is 3. The minimum absolute atomic E-state index is 0.545. The molecule has 0 spiro atoms. The fourth-order valence-electron chi connectivity index (χ4n) is 2.38. The fraction of sp³-hybridized carbons (Fsp3) is 0.429. The second kappa shape index (κ2) is 4.44. The standard InChI is InChI=1S/C14H18N4/c1-10-6-13(9-15-11(10)2)17-12-7-14(8-12)18-5-3-4-16-18/h3-6,9,12,14,17H,7-8H2,1-2H3. The molecule has 1 fully saturated rings. The van der Waals surface area contributed by atoms with Crippen LogP contribution in [-0.4, -0.2) is 20.8 Å². The van der Waals surface area contributed by atoms with E-state index in [1.807, 2.05) is 31.6 Å². The highest BCUT2D eigenvalue weighted by atomic mass is 15.3. The molecule has 1 aliphatic rings. The molecule has 0 aliphatic heterocycles. The summed E-state index contributed by atoms with van der Waals surface area (Å²) in [7, 11) is 0. The number of pyridine rings is 1. The highest BCUT2D eigenvalue weighted by Crippen LogP contribution is 2.33. The molecule has 94 valence electrons. The Morgan fingerprint density at radius 2 is 2.17 bits per heavy atom. The minimum atomic E-state index is 0.545. The number of nitrogens with zero attached hydrogens (tertiary/aromatic N) is 3. The van der Waals surface area contributed by atoms with Gasteiger partial charge in [-0.05, 0) is 44.4 Å². The van der Waals surface area contributed by atoms with Crippen molar-refractivity contribution in [2.24, 2.45) is 0 Å². The van der Waals surface area contributed by atoms with Crippen molar-refractivity contribution < 1.29 is 0 Å². The second-order valence-corrected chi connectivity index (χ2v) is 5.08. The number of nitrogens with one attached hydrogen (secondary N) is 1. The van der Waals surface area contributed by atoms with E-state index in [4.69, 9.17) is 0 Å². The van der Waals surface area contributed by atoms with Crippen molar-refractivity contribution >= 4 is 5.69 Å². The van der Waals surface area contributed by atoms with E-state index >= 15 is 0 Å². The Kier molecular flexibility index (Phi) is 2.78. The van der Waals surface area contributed by atoms with Crippen molar-refractivity contribution in [2.45, 2.75) is 38.8 Å². The Labute approximate surface area is 107 Å². The molecule has 0 saturated heterocycles. The van der Waals surface area contributed by atoms with Crippen molar-refractivity contribution in [1.82, 2.24) is 14.8 Å². The average Bonchev–Trinajstić information content (AvgIpc) is 2.81. The summed E-state index contributed by atoms with van der Waals surface area (Å²) in [5, 5.41) is 7.82. The van der Waals surface area contributed by atoms with Gasteiger partial charge >= 0.3 is 0 Å². The molecule has 2 aromatic heterocycles. The minimum Gasteiger partial charge on any atom is -0.381 e. The van der Waals surface area contributed by atoms with Crippen LogP contribution in [0.2, 0.25) is 0 Å². The topological polar surface area (TPSA) is 42.7 Å². The molecule has 1 N–H and O–H groups in total. The summed E-state index contributed by atoms with van der Waals surface area (Å²) in [4.78, 5) is 4.38. The molecule has 0 amide bonds. The van der Waals surface area contributed by atoms with Gasteiger partial charge in [0.1, 0.15) is 0 Å². The van der Waals surface area contributed by atoms with Crippen LogP contribution in [0.25, 0.3) is 0 Å². The Balaban J connectivity index is 1.58. The molecule has 0 bridgehead atoms. The summed E-state index contributed by atoms with van der Waals surface area (Å²) in [6, 6.07) is 5.25. The average molecular weight is 242 g/mol. The van der Waals surface area contributed by atoms with Gasteiger partial charge in [-0.15, -0.1) is 0 Å². The number of hydrogen-bond donors (Lipinski definition) is 1. The van der Waals surface area contributed by atoms with Crippen LogP contribution in [0.3, 0.4) is 0 Å². The third-order valence-electron chi connectivity index (χ3n) is 3.72. The van der Waals surface area contributed by atoms with Crippen LogP contribution < -0.4 is 5.32 Å². The zero-order valence-corrected chi connectivity index (χ0v) is 10.8. The lowest BCUT2D eigenvalue weighted by atomic mass is 9.86. The van der Waals surface area contributed by atoms with Crippen LogP contribution in [0, 0.1) is 13.8 Å². The molecular formula is C14H18N4. The van der Waals surface area contributed by atoms with Gasteiger partial charge in [0.15, 0.2) is 0 Å². The summed E-state index contributed by atoms with van der Waals surface area (Å²) in [5.41, 5.74) is 3.47. The lowest BCUT2D eigenvalue weighted by Crippen LogP contribution is -2.37. The first-order chi connectivity index (χ1) is 8.72. The van der Waals surface area contributed by atoms with Gasteiger partial charge in [-0.1, -0.05) is 0 Å². The Bertz CT molecular complexity index is 527. The molecule has 18 heavy (non-hydrogen) atoms. The summed E-state index contributed by atoms with van der Waals surface area (Å²) < 4.78 is 2.05. The fourth-order valence-corrected chi connectivity index (χ4v) is 2.38. The predicted octanol–water partition coefficient (Wildman–Crippen LogP) is 2.71. The summed E-state index contributed by atoms with van der Waals surface area (Å²) >= 11 is 0. The van der Waals surface area contributed by atoms with E-state index in [0.717, 1.165) is 24.2 Å². The first-order valence-corrected chi connectivity index (χ1v) is 6.41. The quantitative estimate of drug-likeness (QED) is 0.900. The van der Waals surface area contributed by atoms with Crippen molar-refractivity contribution in [3.05, 3.63) is 42.0 Å². The van der Waals surface area contributed by atoms with Crippen molar-refractivity contribution in [3.8, 4) is 0 Å². The van der Waals surface area contributed by atoms with E-state index in [0.29, 0.717) is 12.1 Å². The smallest absolute Gasteiger partial charge is 0.0558 e. The van der Waals surface area contributed by atoms with Crippen LogP contribution in [0.1, 0.15) is 30.1 Å². The maximum Gasteiger partial charge on any atom is 0.0558 e. The first-order valence-electron chi connectivity index (χ1n) is 6.41. The van der Waals surface area contributed by atoms with Crippen LogP contribution in [0.4, 0.5) is 5.69 Å². The number of rotatable bonds is 3. The van der Waals surface area contributed by atoms with Gasteiger partial charge in [0.05, 0.1) is 17.9 Å². The van der Waals surface area contributed by atoms with Gasteiger partial charge in [0.25, 0.3) is 0 Å². The summed E-state index contributed by atoms with van der Waals surface area (Å²) in [5.74, 6) is 0. The van der Waals surface area contributed by atoms with Crippen molar-refractivity contribution in [2.75, 3.05) is 5.32 Å². The molecule has 2 heterocycles. The van der Waals surface area contributed by atoms with E-state index in [9.17, 15) is 0 Å². The van der Waals surface area contributed by atoms with E-state index < -0.39 is 0 Å². The van der Waals surface area contributed by atoms with Crippen molar-refractivity contribution in [1.29, 1.82) is 0 Å². The third-order valence-corrected chi connectivity index (χ3v) is 3.72. The van der Waals surface area contributed by atoms with E-state index in [1.54, 1.807) is 0 Å². The molecule has 1 saturated carbocycles. The van der Waals surface area contributed by atoms with Gasteiger partial charge < -0.3 is 5.32 Å². The first kappa shape index (κ1) is 11.3. The van der Waals surface area contributed by atoms with Crippen LogP contribution in [-0.2, 0) is 0 Å². The third kappa shape index (κ3) is 2.10. The van der Waals surface area contributed by atoms with E-state index in [2.05, 4.69) is 33.1 Å². The summed E-state index contributed by atoms with van der Waals surface area (Å²) in [6.45, 7) is 4.14. The Hall–Kier alpha value is -1.84. The molecule has 2 aromatic rings.